The van der Waals surface area contributed by atoms with E-state index < -0.39 is 0 Å². The Kier molecular flexibility index (Phi) is 4.86. The zero-order chi connectivity index (χ0) is 15.3. The van der Waals surface area contributed by atoms with Crippen molar-refractivity contribution in [1.82, 2.24) is 0 Å². The zero-order valence-electron chi connectivity index (χ0n) is 12.9. The van der Waals surface area contributed by atoms with Gasteiger partial charge in [0.2, 0.25) is 0 Å². The Hall–Kier alpha value is -2.00. The van der Waals surface area contributed by atoms with Crippen molar-refractivity contribution in [3.05, 3.63) is 59.7 Å². The van der Waals surface area contributed by atoms with Crippen molar-refractivity contribution in [3.8, 4) is 11.5 Å². The molecule has 0 saturated carbocycles. The van der Waals surface area contributed by atoms with E-state index in [1.165, 1.54) is 0 Å². The lowest BCUT2D eigenvalue weighted by molar-refractivity contribution is 0.284. The summed E-state index contributed by atoms with van der Waals surface area (Å²) in [6.07, 6.45) is 0.790. The van der Waals surface area contributed by atoms with Crippen LogP contribution < -0.4 is 15.2 Å². The van der Waals surface area contributed by atoms with Crippen LogP contribution in [-0.4, -0.2) is 12.6 Å². The van der Waals surface area contributed by atoms with Crippen LogP contribution >= 0.6 is 0 Å². The normalized spacial score (nSPS) is 11.2. The molecule has 0 amide bonds. The number of rotatable bonds is 6. The molecule has 2 aromatic rings. The summed E-state index contributed by atoms with van der Waals surface area (Å²) in [5, 5.41) is 0. The highest BCUT2D eigenvalue weighted by molar-refractivity contribution is 5.43. The Morgan fingerprint density at radius 3 is 2.29 bits per heavy atom. The molecule has 0 spiro atoms. The van der Waals surface area contributed by atoms with E-state index in [9.17, 15) is 0 Å². The minimum atomic E-state index is -0.245. The zero-order valence-corrected chi connectivity index (χ0v) is 12.9. The van der Waals surface area contributed by atoms with E-state index in [-0.39, 0.29) is 5.54 Å². The van der Waals surface area contributed by atoms with E-state index in [0.29, 0.717) is 6.61 Å². The Bertz CT molecular complexity index is 574. The topological polar surface area (TPSA) is 44.5 Å². The first kappa shape index (κ1) is 15.4. The van der Waals surface area contributed by atoms with Crippen LogP contribution in [0.15, 0.2) is 48.5 Å². The summed E-state index contributed by atoms with van der Waals surface area (Å²) in [6, 6.07) is 16.1. The van der Waals surface area contributed by atoms with Gasteiger partial charge in [0.15, 0.2) is 11.5 Å². The van der Waals surface area contributed by atoms with E-state index in [1.807, 2.05) is 62.4 Å². The fourth-order valence-electron chi connectivity index (χ4n) is 2.21. The summed E-state index contributed by atoms with van der Waals surface area (Å²) < 4.78 is 11.3. The van der Waals surface area contributed by atoms with E-state index in [2.05, 4.69) is 0 Å². The maximum absolute atomic E-state index is 6.08. The first-order chi connectivity index (χ1) is 9.98. The van der Waals surface area contributed by atoms with Crippen molar-refractivity contribution in [2.75, 3.05) is 7.11 Å². The van der Waals surface area contributed by atoms with Crippen LogP contribution in [0.5, 0.6) is 11.5 Å². The third-order valence-corrected chi connectivity index (χ3v) is 3.12. The third-order valence-electron chi connectivity index (χ3n) is 3.12. The standard InChI is InChI=1S/C18H23NO2/c1-18(2,19)12-15-9-10-16(20-3)17(11-15)21-13-14-7-5-4-6-8-14/h4-11H,12-13,19H2,1-3H3. The first-order valence-electron chi connectivity index (χ1n) is 7.10. The quantitative estimate of drug-likeness (QED) is 0.882. The van der Waals surface area contributed by atoms with Gasteiger partial charge < -0.3 is 15.2 Å². The van der Waals surface area contributed by atoms with E-state index >= 15 is 0 Å². The minimum absolute atomic E-state index is 0.245. The average molecular weight is 285 g/mol. The molecule has 0 aliphatic carbocycles. The van der Waals surface area contributed by atoms with Gasteiger partial charge in [0.1, 0.15) is 6.61 Å². The molecule has 0 fully saturated rings. The molecule has 2 rings (SSSR count). The third kappa shape index (κ3) is 4.80. The van der Waals surface area contributed by atoms with Gasteiger partial charge in [-0.15, -0.1) is 0 Å². The van der Waals surface area contributed by atoms with Gasteiger partial charge >= 0.3 is 0 Å². The predicted molar refractivity (Wildman–Crippen MR) is 85.7 cm³/mol. The Morgan fingerprint density at radius 1 is 0.952 bits per heavy atom. The van der Waals surface area contributed by atoms with Crippen molar-refractivity contribution in [2.24, 2.45) is 5.73 Å². The molecule has 0 aliphatic rings. The second-order valence-corrected chi connectivity index (χ2v) is 5.92. The molecule has 3 nitrogen and oxygen atoms in total. The van der Waals surface area contributed by atoms with Crippen molar-refractivity contribution in [2.45, 2.75) is 32.4 Å². The summed E-state index contributed by atoms with van der Waals surface area (Å²) in [6.45, 7) is 4.55. The van der Waals surface area contributed by atoms with Crippen LogP contribution in [0.2, 0.25) is 0 Å². The van der Waals surface area contributed by atoms with Gasteiger partial charge in [0, 0.05) is 5.54 Å². The second-order valence-electron chi connectivity index (χ2n) is 5.92. The number of methoxy groups -OCH3 is 1. The van der Waals surface area contributed by atoms with E-state index in [0.717, 1.165) is 29.0 Å². The molecule has 0 aromatic heterocycles. The molecule has 0 radical (unpaired) electrons. The molecular weight excluding hydrogens is 262 g/mol. The summed E-state index contributed by atoms with van der Waals surface area (Å²) in [5.74, 6) is 1.49. The summed E-state index contributed by atoms with van der Waals surface area (Å²) >= 11 is 0. The lowest BCUT2D eigenvalue weighted by Gasteiger charge is -2.19. The van der Waals surface area contributed by atoms with Crippen LogP contribution in [-0.2, 0) is 13.0 Å². The Morgan fingerprint density at radius 2 is 1.67 bits per heavy atom. The molecule has 0 saturated heterocycles. The molecule has 2 aromatic carbocycles. The van der Waals surface area contributed by atoms with Gasteiger partial charge in [-0.05, 0) is 43.5 Å². The molecule has 0 atom stereocenters. The van der Waals surface area contributed by atoms with E-state index in [4.69, 9.17) is 15.2 Å². The molecule has 0 bridgehead atoms. The molecule has 21 heavy (non-hydrogen) atoms. The van der Waals surface area contributed by atoms with Gasteiger partial charge in [-0.25, -0.2) is 0 Å². The molecule has 0 unspecified atom stereocenters. The number of ether oxygens (including phenoxy) is 2. The van der Waals surface area contributed by atoms with Crippen LogP contribution in [0.4, 0.5) is 0 Å². The largest absolute Gasteiger partial charge is 0.493 e. The number of nitrogens with two attached hydrogens (primary N) is 1. The molecule has 112 valence electrons. The highest BCUT2D eigenvalue weighted by Gasteiger charge is 2.14. The minimum Gasteiger partial charge on any atom is -0.493 e. The van der Waals surface area contributed by atoms with Crippen LogP contribution in [0, 0.1) is 0 Å². The number of hydrogen-bond donors (Lipinski definition) is 1. The Labute approximate surface area is 126 Å². The lowest BCUT2D eigenvalue weighted by atomic mass is 9.96. The molecule has 0 aliphatic heterocycles. The summed E-state index contributed by atoms with van der Waals surface area (Å²) in [4.78, 5) is 0. The lowest BCUT2D eigenvalue weighted by Crippen LogP contribution is -2.34. The highest BCUT2D eigenvalue weighted by atomic mass is 16.5. The van der Waals surface area contributed by atoms with Crippen LogP contribution in [0.1, 0.15) is 25.0 Å². The van der Waals surface area contributed by atoms with Gasteiger partial charge in [-0.1, -0.05) is 36.4 Å². The van der Waals surface area contributed by atoms with Gasteiger partial charge in [0.25, 0.3) is 0 Å². The predicted octanol–water partition coefficient (Wildman–Crippen LogP) is 3.55. The fraction of sp³-hybridized carbons (Fsp3) is 0.333. The van der Waals surface area contributed by atoms with Crippen LogP contribution in [0.3, 0.4) is 0 Å². The number of hydrogen-bond acceptors (Lipinski definition) is 3. The highest BCUT2D eigenvalue weighted by Crippen LogP contribution is 2.29. The molecule has 0 heterocycles. The van der Waals surface area contributed by atoms with Gasteiger partial charge in [-0.3, -0.25) is 0 Å². The van der Waals surface area contributed by atoms with Crippen LogP contribution in [0.25, 0.3) is 0 Å². The molecule has 3 heteroatoms. The average Bonchev–Trinajstić information content (AvgIpc) is 2.45. The summed E-state index contributed by atoms with van der Waals surface area (Å²) in [7, 11) is 1.65. The van der Waals surface area contributed by atoms with Crippen molar-refractivity contribution < 1.29 is 9.47 Å². The second kappa shape index (κ2) is 6.64. The fourth-order valence-corrected chi connectivity index (χ4v) is 2.21. The SMILES string of the molecule is COc1ccc(CC(C)(C)N)cc1OCc1ccccc1. The molecule has 2 N–H and O–H groups in total. The monoisotopic (exact) mass is 285 g/mol. The van der Waals surface area contributed by atoms with Crippen molar-refractivity contribution in [1.29, 1.82) is 0 Å². The molecular formula is C18H23NO2. The first-order valence-corrected chi connectivity index (χ1v) is 7.10. The Balaban J connectivity index is 2.14. The van der Waals surface area contributed by atoms with Crippen molar-refractivity contribution in [3.63, 3.8) is 0 Å². The van der Waals surface area contributed by atoms with Gasteiger partial charge in [-0.2, -0.15) is 0 Å². The number of benzene rings is 2. The maximum Gasteiger partial charge on any atom is 0.161 e. The smallest absolute Gasteiger partial charge is 0.161 e. The maximum atomic E-state index is 6.08. The van der Waals surface area contributed by atoms with Crippen molar-refractivity contribution >= 4 is 0 Å². The van der Waals surface area contributed by atoms with E-state index in [1.54, 1.807) is 7.11 Å². The van der Waals surface area contributed by atoms with Gasteiger partial charge in [0.05, 0.1) is 7.11 Å². The summed E-state index contributed by atoms with van der Waals surface area (Å²) in [5.41, 5.74) is 8.11.